The van der Waals surface area contributed by atoms with Gasteiger partial charge in [0, 0.05) is 61.2 Å². The molecule has 0 amide bonds. The van der Waals surface area contributed by atoms with Crippen LogP contribution in [-0.2, 0) is 15.1 Å². The van der Waals surface area contributed by atoms with Crippen LogP contribution in [0.5, 0.6) is 0 Å². The largest absolute Gasteiger partial charge is 0.381 e. The summed E-state index contributed by atoms with van der Waals surface area (Å²) in [4.78, 5) is 6.96. The van der Waals surface area contributed by atoms with Crippen LogP contribution in [0, 0.1) is 0 Å². The van der Waals surface area contributed by atoms with Crippen molar-refractivity contribution in [2.45, 2.75) is 43.0 Å². The molecular formula is C19H30N2O2S. The highest BCUT2D eigenvalue weighted by Crippen LogP contribution is 2.40. The van der Waals surface area contributed by atoms with Crippen LogP contribution in [0.3, 0.4) is 0 Å². The number of aromatic nitrogens is 1. The van der Waals surface area contributed by atoms with Crippen molar-refractivity contribution in [3.05, 3.63) is 29.6 Å². The van der Waals surface area contributed by atoms with Gasteiger partial charge in [-0.1, -0.05) is 13.0 Å². The number of hydrogen-bond acceptors (Lipinski definition) is 5. The van der Waals surface area contributed by atoms with E-state index in [0.717, 1.165) is 44.5 Å². The van der Waals surface area contributed by atoms with Crippen molar-refractivity contribution in [3.63, 3.8) is 0 Å². The minimum Gasteiger partial charge on any atom is -0.381 e. The van der Waals surface area contributed by atoms with E-state index >= 15 is 0 Å². The summed E-state index contributed by atoms with van der Waals surface area (Å²) in [5.41, 5.74) is 2.20. The average Bonchev–Trinajstić information content (AvgIpc) is 2.54. The van der Waals surface area contributed by atoms with Crippen molar-refractivity contribution in [1.29, 1.82) is 0 Å². The van der Waals surface area contributed by atoms with Gasteiger partial charge in [0.15, 0.2) is 0 Å². The zero-order valence-electron chi connectivity index (χ0n) is 15.2. The van der Waals surface area contributed by atoms with E-state index in [-0.39, 0.29) is 5.60 Å². The molecule has 0 spiro atoms. The molecule has 2 aliphatic rings. The van der Waals surface area contributed by atoms with E-state index in [1.165, 1.54) is 23.4 Å². The summed E-state index contributed by atoms with van der Waals surface area (Å²) in [5, 5.41) is 0.747. The molecular weight excluding hydrogens is 320 g/mol. The van der Waals surface area contributed by atoms with Crippen LogP contribution in [0.4, 0.5) is 0 Å². The van der Waals surface area contributed by atoms with E-state index in [1.807, 2.05) is 0 Å². The lowest BCUT2D eigenvalue weighted by molar-refractivity contribution is -0.118. The molecule has 5 heteroatoms. The minimum atomic E-state index is -0.228. The normalized spacial score (nSPS) is 24.6. The number of pyridine rings is 1. The maximum atomic E-state index is 6.38. The summed E-state index contributed by atoms with van der Waals surface area (Å²) >= 11 is 2.07. The Labute approximate surface area is 150 Å². The first-order chi connectivity index (χ1) is 11.6. The zero-order chi connectivity index (χ0) is 17.0. The lowest BCUT2D eigenvalue weighted by Gasteiger charge is -2.38. The fraction of sp³-hybridized carbons (Fsp3) is 0.737. The Kier molecular flexibility index (Phi) is 6.19. The number of hydrogen-bond donors (Lipinski definition) is 0. The van der Waals surface area contributed by atoms with Gasteiger partial charge in [-0.3, -0.25) is 4.98 Å². The van der Waals surface area contributed by atoms with Gasteiger partial charge in [0.1, 0.15) is 0 Å². The molecule has 0 aliphatic carbocycles. The van der Waals surface area contributed by atoms with Crippen molar-refractivity contribution in [1.82, 2.24) is 9.88 Å². The van der Waals surface area contributed by atoms with E-state index in [1.54, 1.807) is 0 Å². The van der Waals surface area contributed by atoms with Crippen LogP contribution in [0.1, 0.15) is 43.4 Å². The Bertz CT molecular complexity index is 511. The molecule has 1 aromatic heterocycles. The SMILES string of the molecule is CC(c1ccc(C2(OCCN(C)C)CCOCC2)cn1)C1CCS1. The monoisotopic (exact) mass is 350 g/mol. The predicted octanol–water partition coefficient (Wildman–Crippen LogP) is 3.27. The highest BCUT2D eigenvalue weighted by atomic mass is 32.2. The van der Waals surface area contributed by atoms with E-state index in [4.69, 9.17) is 14.5 Å². The molecule has 0 bridgehead atoms. The summed E-state index contributed by atoms with van der Waals surface area (Å²) in [6.07, 6.45) is 5.20. The van der Waals surface area contributed by atoms with Crippen molar-refractivity contribution < 1.29 is 9.47 Å². The second-order valence-corrected chi connectivity index (χ2v) is 8.56. The Morgan fingerprint density at radius 2 is 2.12 bits per heavy atom. The third-order valence-corrected chi connectivity index (χ3v) is 6.83. The van der Waals surface area contributed by atoms with E-state index in [9.17, 15) is 0 Å². The first kappa shape index (κ1) is 18.2. The lowest BCUT2D eigenvalue weighted by Crippen LogP contribution is -2.38. The molecule has 0 saturated carbocycles. The fourth-order valence-electron chi connectivity index (χ4n) is 3.42. The number of rotatable bonds is 7. The van der Waals surface area contributed by atoms with Gasteiger partial charge in [-0.2, -0.15) is 11.8 Å². The van der Waals surface area contributed by atoms with Gasteiger partial charge < -0.3 is 14.4 Å². The van der Waals surface area contributed by atoms with E-state index in [0.29, 0.717) is 5.92 Å². The first-order valence-corrected chi connectivity index (χ1v) is 10.1. The van der Waals surface area contributed by atoms with Crippen LogP contribution in [0.2, 0.25) is 0 Å². The quantitative estimate of drug-likeness (QED) is 0.754. The Morgan fingerprint density at radius 1 is 1.38 bits per heavy atom. The number of nitrogens with zero attached hydrogens (tertiary/aromatic N) is 2. The number of ether oxygens (including phenoxy) is 2. The van der Waals surface area contributed by atoms with Crippen molar-refractivity contribution in [3.8, 4) is 0 Å². The lowest BCUT2D eigenvalue weighted by atomic mass is 9.86. The van der Waals surface area contributed by atoms with E-state index < -0.39 is 0 Å². The summed E-state index contributed by atoms with van der Waals surface area (Å²) < 4.78 is 12.0. The Hall–Kier alpha value is -0.620. The molecule has 2 saturated heterocycles. The molecule has 3 heterocycles. The standard InChI is InChI=1S/C19H30N2O2S/c1-15(18-6-13-24-18)17-5-4-16(14-20-17)19(7-10-22-11-8-19)23-12-9-21(2)3/h4-5,14-15,18H,6-13H2,1-3H3. The summed E-state index contributed by atoms with van der Waals surface area (Å²) in [5.74, 6) is 1.84. The second-order valence-electron chi connectivity index (χ2n) is 7.22. The molecule has 2 unspecified atom stereocenters. The maximum absolute atomic E-state index is 6.38. The molecule has 2 atom stereocenters. The molecule has 1 aromatic rings. The molecule has 0 radical (unpaired) electrons. The van der Waals surface area contributed by atoms with Crippen LogP contribution in [0.15, 0.2) is 18.3 Å². The van der Waals surface area contributed by atoms with Gasteiger partial charge in [-0.15, -0.1) is 0 Å². The summed E-state index contributed by atoms with van der Waals surface area (Å²) in [7, 11) is 4.16. The average molecular weight is 351 g/mol. The molecule has 3 rings (SSSR count). The molecule has 4 nitrogen and oxygen atoms in total. The van der Waals surface area contributed by atoms with Crippen LogP contribution in [0.25, 0.3) is 0 Å². The highest BCUT2D eigenvalue weighted by Gasteiger charge is 2.36. The number of thioether (sulfide) groups is 1. The van der Waals surface area contributed by atoms with Crippen molar-refractivity contribution >= 4 is 11.8 Å². The van der Waals surface area contributed by atoms with Crippen molar-refractivity contribution in [2.24, 2.45) is 0 Å². The first-order valence-electron chi connectivity index (χ1n) is 9.05. The molecule has 0 aromatic carbocycles. The fourth-order valence-corrected chi connectivity index (χ4v) is 4.36. The summed E-state index contributed by atoms with van der Waals surface area (Å²) in [6.45, 7) is 5.50. The Morgan fingerprint density at radius 3 is 2.67 bits per heavy atom. The predicted molar refractivity (Wildman–Crippen MR) is 99.8 cm³/mol. The van der Waals surface area contributed by atoms with Gasteiger partial charge in [0.25, 0.3) is 0 Å². The van der Waals surface area contributed by atoms with Crippen LogP contribution < -0.4 is 0 Å². The number of likely N-dealkylation sites (N-methyl/N-ethyl adjacent to an activating group) is 1. The second kappa shape index (κ2) is 8.17. The topological polar surface area (TPSA) is 34.6 Å². The van der Waals surface area contributed by atoms with Gasteiger partial charge in [0.2, 0.25) is 0 Å². The molecule has 24 heavy (non-hydrogen) atoms. The molecule has 0 N–H and O–H groups in total. The molecule has 2 aliphatic heterocycles. The third-order valence-electron chi connectivity index (χ3n) is 5.29. The van der Waals surface area contributed by atoms with Gasteiger partial charge >= 0.3 is 0 Å². The molecule has 134 valence electrons. The summed E-state index contributed by atoms with van der Waals surface area (Å²) in [6, 6.07) is 4.45. The van der Waals surface area contributed by atoms with Gasteiger partial charge in [-0.05, 0) is 32.3 Å². The van der Waals surface area contributed by atoms with Gasteiger partial charge in [0.05, 0.1) is 12.2 Å². The third kappa shape index (κ3) is 4.13. The highest BCUT2D eigenvalue weighted by molar-refractivity contribution is 8.01. The smallest absolute Gasteiger partial charge is 0.0990 e. The van der Waals surface area contributed by atoms with Crippen LogP contribution in [-0.4, -0.2) is 61.3 Å². The van der Waals surface area contributed by atoms with Crippen molar-refractivity contribution in [2.75, 3.05) is 46.2 Å². The van der Waals surface area contributed by atoms with Crippen LogP contribution >= 0.6 is 11.8 Å². The van der Waals surface area contributed by atoms with Gasteiger partial charge in [-0.25, -0.2) is 0 Å². The zero-order valence-corrected chi connectivity index (χ0v) is 16.0. The maximum Gasteiger partial charge on any atom is 0.0990 e. The molecule has 2 fully saturated rings. The minimum absolute atomic E-state index is 0.228. The van der Waals surface area contributed by atoms with E-state index in [2.05, 4.69) is 56.0 Å². The Balaban J connectivity index is 1.71.